The van der Waals surface area contributed by atoms with Crippen LogP contribution in [0, 0.1) is 5.82 Å². The van der Waals surface area contributed by atoms with Gasteiger partial charge in [-0.3, -0.25) is 5.14 Å². The van der Waals surface area contributed by atoms with E-state index in [1.165, 1.54) is 6.07 Å². The Morgan fingerprint density at radius 2 is 2.27 bits per heavy atom. The highest BCUT2D eigenvalue weighted by atomic mass is 32.2. The van der Waals surface area contributed by atoms with Crippen molar-refractivity contribution in [3.8, 4) is 5.75 Å². The van der Waals surface area contributed by atoms with Crippen molar-refractivity contribution in [1.29, 1.82) is 0 Å². The lowest BCUT2D eigenvalue weighted by atomic mass is 9.91. The summed E-state index contributed by atoms with van der Waals surface area (Å²) in [5.74, 6) is 0.262. The van der Waals surface area contributed by atoms with Crippen LogP contribution in [0.1, 0.15) is 45.1 Å². The van der Waals surface area contributed by atoms with Gasteiger partial charge in [0.15, 0.2) is 0 Å². The normalized spacial score (nSPS) is 21.6. The van der Waals surface area contributed by atoms with Gasteiger partial charge in [0, 0.05) is 6.42 Å². The quantitative estimate of drug-likeness (QED) is 0.873. The highest BCUT2D eigenvalue weighted by molar-refractivity contribution is 7.84. The average Bonchev–Trinajstić information content (AvgIpc) is 2.93. The van der Waals surface area contributed by atoms with Gasteiger partial charge in [-0.2, -0.15) is 0 Å². The molecule has 22 heavy (non-hydrogen) atoms. The average molecular weight is 329 g/mol. The molecular weight excluding hydrogens is 305 g/mol. The highest BCUT2D eigenvalue weighted by Gasteiger charge is 2.28. The monoisotopic (exact) mass is 329 g/mol. The van der Waals surface area contributed by atoms with E-state index in [1.807, 2.05) is 20.8 Å². The van der Waals surface area contributed by atoms with Crippen molar-refractivity contribution in [2.75, 3.05) is 13.2 Å². The molecule has 2 N–H and O–H groups in total. The molecule has 1 aromatic carbocycles. The van der Waals surface area contributed by atoms with E-state index in [0.29, 0.717) is 30.9 Å². The summed E-state index contributed by atoms with van der Waals surface area (Å²) in [5.41, 5.74) is 0.565. The fraction of sp³-hybridized carbons (Fsp3) is 0.625. The van der Waals surface area contributed by atoms with Crippen LogP contribution in [0.25, 0.3) is 0 Å². The van der Waals surface area contributed by atoms with Gasteiger partial charge in [-0.05, 0) is 49.9 Å². The third-order valence-electron chi connectivity index (χ3n) is 4.03. The first-order valence-electron chi connectivity index (χ1n) is 7.50. The van der Waals surface area contributed by atoms with Crippen LogP contribution in [-0.2, 0) is 15.7 Å². The maximum atomic E-state index is 14.1. The van der Waals surface area contributed by atoms with Crippen molar-refractivity contribution < 1.29 is 18.1 Å². The zero-order valence-corrected chi connectivity index (χ0v) is 14.1. The molecule has 1 unspecified atom stereocenters. The van der Waals surface area contributed by atoms with Gasteiger partial charge >= 0.3 is 0 Å². The molecule has 1 aliphatic heterocycles. The van der Waals surface area contributed by atoms with Gasteiger partial charge in [-0.15, -0.1) is 0 Å². The smallest absolute Gasteiger partial charge is 0.126 e. The van der Waals surface area contributed by atoms with Gasteiger partial charge < -0.3 is 9.47 Å². The van der Waals surface area contributed by atoms with Crippen LogP contribution in [0.3, 0.4) is 0 Å². The van der Waals surface area contributed by atoms with E-state index in [1.54, 1.807) is 12.1 Å². The predicted molar refractivity (Wildman–Crippen MR) is 85.7 cm³/mol. The van der Waals surface area contributed by atoms with Gasteiger partial charge in [0.1, 0.15) is 17.7 Å². The zero-order valence-electron chi connectivity index (χ0n) is 13.3. The summed E-state index contributed by atoms with van der Waals surface area (Å²) in [6.07, 6.45) is 1.41. The van der Waals surface area contributed by atoms with Crippen molar-refractivity contribution in [3.63, 3.8) is 0 Å². The Balaban J connectivity index is 2.13. The summed E-state index contributed by atoms with van der Waals surface area (Å²) >= 11 is 0. The first-order valence-corrected chi connectivity index (χ1v) is 8.71. The predicted octanol–water partition coefficient (Wildman–Crippen LogP) is 2.89. The fourth-order valence-electron chi connectivity index (χ4n) is 2.70. The second-order valence-corrected chi connectivity index (χ2v) is 8.15. The van der Waals surface area contributed by atoms with E-state index in [9.17, 15) is 8.60 Å². The highest BCUT2D eigenvalue weighted by Crippen LogP contribution is 2.32. The van der Waals surface area contributed by atoms with E-state index < -0.39 is 15.7 Å². The Hall–Kier alpha value is -0.980. The molecule has 3 atom stereocenters. The zero-order chi connectivity index (χ0) is 16.3. The molecule has 2 rings (SSSR count). The van der Waals surface area contributed by atoms with Crippen LogP contribution in [0.2, 0.25) is 0 Å². The summed E-state index contributed by atoms with van der Waals surface area (Å²) in [5, 5.41) is 5.51. The van der Waals surface area contributed by atoms with Crippen LogP contribution in [-0.4, -0.2) is 28.3 Å². The third-order valence-corrected chi connectivity index (χ3v) is 5.29. The molecule has 1 aromatic rings. The second kappa shape index (κ2) is 7.06. The third kappa shape index (κ3) is 4.27. The molecule has 1 heterocycles. The fourth-order valence-corrected chi connectivity index (χ4v) is 3.11. The van der Waals surface area contributed by atoms with Crippen molar-refractivity contribution in [1.82, 2.24) is 0 Å². The van der Waals surface area contributed by atoms with Crippen LogP contribution >= 0.6 is 0 Å². The number of ether oxygens (including phenoxy) is 2. The van der Waals surface area contributed by atoms with Gasteiger partial charge in [-0.1, -0.05) is 6.92 Å². The summed E-state index contributed by atoms with van der Waals surface area (Å²) in [6.45, 7) is 6.84. The van der Waals surface area contributed by atoms with Gasteiger partial charge in [0.2, 0.25) is 0 Å². The minimum Gasteiger partial charge on any atom is -0.488 e. The number of nitrogens with two attached hydrogens (primary N) is 1. The molecule has 0 spiro atoms. The minimum absolute atomic E-state index is 0.0293. The molecule has 0 aliphatic carbocycles. The van der Waals surface area contributed by atoms with Crippen LogP contribution < -0.4 is 9.88 Å². The lowest BCUT2D eigenvalue weighted by molar-refractivity contribution is 0.141. The van der Waals surface area contributed by atoms with Crippen molar-refractivity contribution in [3.05, 3.63) is 29.6 Å². The molecule has 0 radical (unpaired) electrons. The molecule has 6 heteroatoms. The lowest BCUT2D eigenvalue weighted by Gasteiger charge is -2.26. The summed E-state index contributed by atoms with van der Waals surface area (Å²) in [7, 11) is -1.46. The van der Waals surface area contributed by atoms with Crippen LogP contribution in [0.4, 0.5) is 4.39 Å². The standard InChI is InChI=1S/C16H24FNO3S/c1-11(9-16(2,3)22(18)19)14-8-12(4-5-15(14)17)21-13-6-7-20-10-13/h4-5,8,11,13H,6-7,9-10,18H2,1-3H3/t11-,13+,22?/m0/s1. The number of hydrogen-bond donors (Lipinski definition) is 1. The molecule has 0 saturated carbocycles. The lowest BCUT2D eigenvalue weighted by Crippen LogP contribution is -2.33. The Kier molecular flexibility index (Phi) is 5.58. The SMILES string of the molecule is C[C@@H](CC(C)(C)S(N)=O)c1cc(O[C@@H]2CCOC2)ccc1F. The Labute approximate surface area is 133 Å². The van der Waals surface area contributed by atoms with Crippen molar-refractivity contribution in [2.45, 2.75) is 50.4 Å². The Morgan fingerprint density at radius 3 is 2.86 bits per heavy atom. The molecule has 0 amide bonds. The first kappa shape index (κ1) is 17.4. The van der Waals surface area contributed by atoms with Crippen molar-refractivity contribution in [2.24, 2.45) is 5.14 Å². The van der Waals surface area contributed by atoms with Gasteiger partial charge in [-0.25, -0.2) is 8.60 Å². The molecular formula is C16H24FNO3S. The maximum Gasteiger partial charge on any atom is 0.126 e. The van der Waals surface area contributed by atoms with Gasteiger partial charge in [0.05, 0.1) is 28.9 Å². The Bertz CT molecular complexity index is 544. The number of hydrogen-bond acceptors (Lipinski definition) is 3. The first-order chi connectivity index (χ1) is 10.3. The summed E-state index contributed by atoms with van der Waals surface area (Å²) in [4.78, 5) is 0. The molecule has 0 bridgehead atoms. The van der Waals surface area contributed by atoms with E-state index in [0.717, 1.165) is 6.42 Å². The van der Waals surface area contributed by atoms with Crippen LogP contribution in [0.15, 0.2) is 18.2 Å². The van der Waals surface area contributed by atoms with Gasteiger partial charge in [0.25, 0.3) is 0 Å². The summed E-state index contributed by atoms with van der Waals surface area (Å²) in [6, 6.07) is 4.79. The Morgan fingerprint density at radius 1 is 1.55 bits per heavy atom. The number of rotatable bonds is 6. The topological polar surface area (TPSA) is 61.6 Å². The number of benzene rings is 1. The number of halogens is 1. The maximum absolute atomic E-state index is 14.1. The van der Waals surface area contributed by atoms with E-state index in [2.05, 4.69) is 0 Å². The molecule has 4 nitrogen and oxygen atoms in total. The summed E-state index contributed by atoms with van der Waals surface area (Å²) < 4.78 is 36.2. The van der Waals surface area contributed by atoms with E-state index in [-0.39, 0.29) is 17.8 Å². The largest absolute Gasteiger partial charge is 0.488 e. The van der Waals surface area contributed by atoms with E-state index in [4.69, 9.17) is 14.6 Å². The molecule has 1 fully saturated rings. The minimum atomic E-state index is -1.46. The molecule has 1 saturated heterocycles. The second-order valence-electron chi connectivity index (χ2n) is 6.45. The molecule has 1 aliphatic rings. The molecule has 124 valence electrons. The van der Waals surface area contributed by atoms with Crippen molar-refractivity contribution >= 4 is 11.0 Å². The van der Waals surface area contributed by atoms with E-state index >= 15 is 0 Å². The molecule has 0 aromatic heterocycles. The van der Waals surface area contributed by atoms with Crippen LogP contribution in [0.5, 0.6) is 5.75 Å².